The van der Waals surface area contributed by atoms with Crippen molar-refractivity contribution in [1.29, 1.82) is 0 Å². The van der Waals surface area contributed by atoms with Gasteiger partial charge < -0.3 is 10.6 Å². The summed E-state index contributed by atoms with van der Waals surface area (Å²) in [6.45, 7) is 8.85. The molecule has 2 N–H and O–H groups in total. The van der Waals surface area contributed by atoms with Crippen LogP contribution >= 0.6 is 11.8 Å². The lowest BCUT2D eigenvalue weighted by Gasteiger charge is -2.40. The molecule has 3 aliphatic heterocycles. The number of rotatable bonds is 3. The number of nitrogens with zero attached hydrogens (tertiary/aromatic N) is 4. The third kappa shape index (κ3) is 3.45. The molecule has 2 atom stereocenters. The van der Waals surface area contributed by atoms with Crippen LogP contribution in [0.4, 0.5) is 0 Å². The van der Waals surface area contributed by atoms with Crippen molar-refractivity contribution in [2.24, 2.45) is 0 Å². The van der Waals surface area contributed by atoms with Crippen molar-refractivity contribution in [3.8, 4) is 0 Å². The fourth-order valence-electron chi connectivity index (χ4n) is 4.22. The molecule has 1 saturated heterocycles. The van der Waals surface area contributed by atoms with E-state index in [1.165, 1.54) is 16.2 Å². The van der Waals surface area contributed by atoms with Crippen LogP contribution in [0.3, 0.4) is 0 Å². The van der Waals surface area contributed by atoms with Crippen LogP contribution in [-0.2, 0) is 0 Å². The number of fused-ring (bicyclic) bond motifs is 1. The molecular formula is C20H26N6S. The fraction of sp³-hybridized carbons (Fsp3) is 0.500. The smallest absolute Gasteiger partial charge is 0.132 e. The Morgan fingerprint density at radius 1 is 1.11 bits per heavy atom. The molecule has 2 unspecified atom stereocenters. The van der Waals surface area contributed by atoms with E-state index in [-0.39, 0.29) is 0 Å². The summed E-state index contributed by atoms with van der Waals surface area (Å²) in [4.78, 5) is 15.5. The van der Waals surface area contributed by atoms with Gasteiger partial charge in [0.05, 0.1) is 11.0 Å². The average Bonchev–Trinajstić information content (AvgIpc) is 3.17. The summed E-state index contributed by atoms with van der Waals surface area (Å²) < 4.78 is 0. The van der Waals surface area contributed by atoms with Gasteiger partial charge in [0.15, 0.2) is 0 Å². The molecule has 6 nitrogen and oxygen atoms in total. The molecule has 2 aromatic rings. The summed E-state index contributed by atoms with van der Waals surface area (Å²) >= 11 is 2.01. The predicted molar refractivity (Wildman–Crippen MR) is 110 cm³/mol. The zero-order valence-electron chi connectivity index (χ0n) is 15.7. The van der Waals surface area contributed by atoms with E-state index < -0.39 is 0 Å². The first-order valence-corrected chi connectivity index (χ1v) is 10.7. The Balaban J connectivity index is 1.21. The Kier molecular flexibility index (Phi) is 4.77. The Labute approximate surface area is 164 Å². The van der Waals surface area contributed by atoms with Crippen LogP contribution in [0.1, 0.15) is 24.9 Å². The van der Waals surface area contributed by atoms with E-state index in [2.05, 4.69) is 55.5 Å². The second-order valence-electron chi connectivity index (χ2n) is 7.50. The highest BCUT2D eigenvalue weighted by molar-refractivity contribution is 8.03. The van der Waals surface area contributed by atoms with Crippen molar-refractivity contribution in [3.05, 3.63) is 46.8 Å². The highest BCUT2D eigenvalue weighted by Gasteiger charge is 2.32. The van der Waals surface area contributed by atoms with Gasteiger partial charge in [-0.25, -0.2) is 0 Å². The van der Waals surface area contributed by atoms with Gasteiger partial charge in [-0.1, -0.05) is 17.8 Å². The first-order chi connectivity index (χ1) is 13.3. The SMILES string of the molecule is CC(c1ccc2nccnc2c1)N1CCN(C2NC3=C(CNCC3)S2)CC1. The van der Waals surface area contributed by atoms with Gasteiger partial charge in [-0.15, -0.1) is 0 Å². The number of thioether (sulfide) groups is 1. The highest BCUT2D eigenvalue weighted by Crippen LogP contribution is 2.35. The lowest BCUT2D eigenvalue weighted by molar-refractivity contribution is 0.0909. The number of piperazine rings is 1. The van der Waals surface area contributed by atoms with Crippen LogP contribution in [0, 0.1) is 0 Å². The van der Waals surface area contributed by atoms with Crippen molar-refractivity contribution in [2.45, 2.75) is 24.9 Å². The molecule has 4 heterocycles. The van der Waals surface area contributed by atoms with Crippen LogP contribution in [0.2, 0.25) is 0 Å². The molecule has 1 fully saturated rings. The van der Waals surface area contributed by atoms with Gasteiger partial charge >= 0.3 is 0 Å². The van der Waals surface area contributed by atoms with E-state index in [9.17, 15) is 0 Å². The third-order valence-electron chi connectivity index (χ3n) is 5.93. The largest absolute Gasteiger partial charge is 0.364 e. The minimum Gasteiger partial charge on any atom is -0.364 e. The lowest BCUT2D eigenvalue weighted by atomic mass is 10.1. The molecule has 0 amide bonds. The Hall–Kier alpha value is -1.67. The molecular weight excluding hydrogens is 356 g/mol. The molecule has 1 aromatic carbocycles. The molecule has 0 spiro atoms. The number of nitrogens with one attached hydrogen (secondary N) is 2. The van der Waals surface area contributed by atoms with E-state index in [1.807, 2.05) is 11.8 Å². The summed E-state index contributed by atoms with van der Waals surface area (Å²) in [7, 11) is 0. The second-order valence-corrected chi connectivity index (χ2v) is 8.67. The molecule has 0 aliphatic carbocycles. The fourth-order valence-corrected chi connectivity index (χ4v) is 5.54. The van der Waals surface area contributed by atoms with Crippen molar-refractivity contribution in [3.63, 3.8) is 0 Å². The first kappa shape index (κ1) is 17.4. The molecule has 3 aliphatic rings. The second kappa shape index (κ2) is 7.39. The Morgan fingerprint density at radius 3 is 2.74 bits per heavy atom. The minimum absolute atomic E-state index is 0.401. The highest BCUT2D eigenvalue weighted by atomic mass is 32.2. The van der Waals surface area contributed by atoms with E-state index >= 15 is 0 Å². The van der Waals surface area contributed by atoms with Crippen LogP contribution in [0.25, 0.3) is 11.0 Å². The average molecular weight is 383 g/mol. The zero-order chi connectivity index (χ0) is 18.2. The van der Waals surface area contributed by atoms with Gasteiger partial charge in [0.1, 0.15) is 5.50 Å². The van der Waals surface area contributed by atoms with Crippen LogP contribution < -0.4 is 10.6 Å². The Bertz CT molecular complexity index is 842. The molecule has 0 radical (unpaired) electrons. The van der Waals surface area contributed by atoms with Crippen molar-refractivity contribution < 1.29 is 0 Å². The quantitative estimate of drug-likeness (QED) is 0.843. The van der Waals surface area contributed by atoms with Crippen LogP contribution in [-0.4, -0.2) is 64.5 Å². The molecule has 7 heteroatoms. The van der Waals surface area contributed by atoms with Crippen molar-refractivity contribution >= 4 is 22.8 Å². The van der Waals surface area contributed by atoms with Crippen LogP contribution in [0.5, 0.6) is 0 Å². The number of aromatic nitrogens is 2. The number of hydrogen-bond donors (Lipinski definition) is 2. The van der Waals surface area contributed by atoms with Gasteiger partial charge in [0.25, 0.3) is 0 Å². The van der Waals surface area contributed by atoms with Gasteiger partial charge in [0.2, 0.25) is 0 Å². The maximum atomic E-state index is 4.46. The topological polar surface area (TPSA) is 56.3 Å². The number of benzene rings is 1. The van der Waals surface area contributed by atoms with Crippen LogP contribution in [0.15, 0.2) is 41.2 Å². The van der Waals surface area contributed by atoms with E-state index in [4.69, 9.17) is 0 Å². The summed E-state index contributed by atoms with van der Waals surface area (Å²) in [6, 6.07) is 6.89. The summed E-state index contributed by atoms with van der Waals surface area (Å²) in [6.07, 6.45) is 4.66. The molecule has 27 heavy (non-hydrogen) atoms. The normalized spacial score (nSPS) is 25.4. The zero-order valence-corrected chi connectivity index (χ0v) is 16.5. The molecule has 142 valence electrons. The first-order valence-electron chi connectivity index (χ1n) is 9.83. The molecule has 0 bridgehead atoms. The minimum atomic E-state index is 0.401. The Morgan fingerprint density at radius 2 is 1.93 bits per heavy atom. The third-order valence-corrected chi connectivity index (χ3v) is 7.24. The van der Waals surface area contributed by atoms with E-state index in [0.29, 0.717) is 11.5 Å². The maximum absolute atomic E-state index is 4.46. The van der Waals surface area contributed by atoms with Crippen molar-refractivity contribution in [1.82, 2.24) is 30.4 Å². The van der Waals surface area contributed by atoms with Gasteiger partial charge in [-0.3, -0.25) is 19.8 Å². The van der Waals surface area contributed by atoms with Crippen molar-refractivity contribution in [2.75, 3.05) is 39.3 Å². The summed E-state index contributed by atoms with van der Waals surface area (Å²) in [5.74, 6) is 0. The van der Waals surface area contributed by atoms with E-state index in [1.54, 1.807) is 12.4 Å². The van der Waals surface area contributed by atoms with Gasteiger partial charge in [-0.2, -0.15) is 0 Å². The molecule has 5 rings (SSSR count). The monoisotopic (exact) mass is 382 g/mol. The van der Waals surface area contributed by atoms with E-state index in [0.717, 1.165) is 56.7 Å². The van der Waals surface area contributed by atoms with Gasteiger partial charge in [-0.05, 0) is 24.6 Å². The predicted octanol–water partition coefficient (Wildman–Crippen LogP) is 2.13. The van der Waals surface area contributed by atoms with Gasteiger partial charge in [0, 0.05) is 74.7 Å². The maximum Gasteiger partial charge on any atom is 0.132 e. The molecule has 0 saturated carbocycles. The summed E-state index contributed by atoms with van der Waals surface area (Å²) in [5.41, 5.74) is 5.17. The number of hydrogen-bond acceptors (Lipinski definition) is 7. The molecule has 1 aromatic heterocycles. The lowest BCUT2D eigenvalue weighted by Crippen LogP contribution is -2.52. The summed E-state index contributed by atoms with van der Waals surface area (Å²) in [5, 5.41) is 7.23. The standard InChI is InChI=1S/C20H26N6S/c1-14(15-2-3-16-18(12-15)23-7-6-22-16)25-8-10-26(11-9-25)20-24-17-4-5-21-13-19(17)27-20/h2-3,6-7,12,14,20-21,24H,4-5,8-11,13H2,1H3.